The molecule has 0 saturated carbocycles. The van der Waals surface area contributed by atoms with Gasteiger partial charge >= 0.3 is 0 Å². The second kappa shape index (κ2) is 7.24. The molecular formula is C13H15Cl2NO3S. The number of halogens is 2. The van der Waals surface area contributed by atoms with Crippen molar-refractivity contribution in [3.63, 3.8) is 0 Å². The number of hydrogen-bond donors (Lipinski definition) is 1. The zero-order valence-corrected chi connectivity index (χ0v) is 13.0. The van der Waals surface area contributed by atoms with Crippen molar-refractivity contribution in [2.75, 3.05) is 13.1 Å². The lowest BCUT2D eigenvalue weighted by Crippen LogP contribution is -2.31. The highest BCUT2D eigenvalue weighted by molar-refractivity contribution is 7.89. The van der Waals surface area contributed by atoms with Crippen molar-refractivity contribution in [2.24, 2.45) is 0 Å². The number of aliphatic hydroxyl groups excluding tert-OH is 1. The first kappa shape index (κ1) is 17.2. The lowest BCUT2D eigenvalue weighted by molar-refractivity contribution is 0.281. The predicted molar refractivity (Wildman–Crippen MR) is 81.5 cm³/mol. The van der Waals surface area contributed by atoms with Gasteiger partial charge in [0.2, 0.25) is 10.0 Å². The maximum Gasteiger partial charge on any atom is 0.245 e. The molecule has 0 fully saturated rings. The van der Waals surface area contributed by atoms with E-state index in [1.807, 2.05) is 0 Å². The number of sulfonamides is 1. The minimum atomic E-state index is -3.82. The monoisotopic (exact) mass is 335 g/mol. The van der Waals surface area contributed by atoms with Crippen LogP contribution in [0.15, 0.2) is 42.3 Å². The van der Waals surface area contributed by atoms with Crippen LogP contribution in [-0.4, -0.2) is 30.9 Å². The first-order valence-corrected chi connectivity index (χ1v) is 7.89. The van der Waals surface area contributed by atoms with Crippen molar-refractivity contribution in [2.45, 2.75) is 11.5 Å². The third-order valence-corrected chi connectivity index (χ3v) is 5.36. The number of benzene rings is 1. The quantitative estimate of drug-likeness (QED) is 0.779. The minimum Gasteiger partial charge on any atom is -0.392 e. The molecular weight excluding hydrogens is 321 g/mol. The van der Waals surface area contributed by atoms with Crippen LogP contribution in [0.1, 0.15) is 5.56 Å². The summed E-state index contributed by atoms with van der Waals surface area (Å²) in [6.07, 6.45) is 2.94. The summed E-state index contributed by atoms with van der Waals surface area (Å²) in [5, 5.41) is 9.37. The molecule has 110 valence electrons. The zero-order valence-electron chi connectivity index (χ0n) is 10.7. The van der Waals surface area contributed by atoms with Crippen LogP contribution in [0.3, 0.4) is 0 Å². The molecule has 0 radical (unpaired) electrons. The van der Waals surface area contributed by atoms with Crippen LogP contribution in [0, 0.1) is 0 Å². The lowest BCUT2D eigenvalue weighted by Gasteiger charge is -2.20. The molecule has 0 aromatic heterocycles. The molecule has 20 heavy (non-hydrogen) atoms. The number of aliphatic hydroxyl groups is 1. The maximum absolute atomic E-state index is 12.5. The van der Waals surface area contributed by atoms with E-state index >= 15 is 0 Å². The van der Waals surface area contributed by atoms with Crippen molar-refractivity contribution in [1.82, 2.24) is 4.31 Å². The second-order valence-electron chi connectivity index (χ2n) is 3.90. The fraction of sp³-hybridized carbons (Fsp3) is 0.231. The molecule has 4 nitrogen and oxygen atoms in total. The van der Waals surface area contributed by atoms with E-state index in [9.17, 15) is 13.5 Å². The SMILES string of the molecule is C=CCN(CC=C)S(=O)(=O)c1ccc(Cl)c(CO)c1Cl. The molecule has 0 unspecified atom stereocenters. The number of hydrogen-bond acceptors (Lipinski definition) is 3. The molecule has 1 rings (SSSR count). The van der Waals surface area contributed by atoms with E-state index < -0.39 is 16.6 Å². The van der Waals surface area contributed by atoms with E-state index in [2.05, 4.69) is 13.2 Å². The molecule has 0 atom stereocenters. The van der Waals surface area contributed by atoms with Gasteiger partial charge in [0.1, 0.15) is 4.90 Å². The molecule has 0 bridgehead atoms. The molecule has 0 aliphatic rings. The fourth-order valence-electron chi connectivity index (χ4n) is 1.62. The topological polar surface area (TPSA) is 57.6 Å². The van der Waals surface area contributed by atoms with Gasteiger partial charge in [-0.3, -0.25) is 0 Å². The number of nitrogens with zero attached hydrogens (tertiary/aromatic N) is 1. The van der Waals surface area contributed by atoms with E-state index in [1.54, 1.807) is 0 Å². The largest absolute Gasteiger partial charge is 0.392 e. The molecule has 0 amide bonds. The Morgan fingerprint density at radius 1 is 1.20 bits per heavy atom. The Morgan fingerprint density at radius 2 is 1.75 bits per heavy atom. The minimum absolute atomic E-state index is 0.0712. The van der Waals surface area contributed by atoms with E-state index in [-0.39, 0.29) is 33.6 Å². The molecule has 0 saturated heterocycles. The Bertz CT molecular complexity index is 604. The van der Waals surface area contributed by atoms with Gasteiger partial charge in [0, 0.05) is 23.7 Å². The van der Waals surface area contributed by atoms with Crippen LogP contribution < -0.4 is 0 Å². The zero-order chi connectivity index (χ0) is 15.3. The van der Waals surface area contributed by atoms with Crippen LogP contribution in [-0.2, 0) is 16.6 Å². The third kappa shape index (κ3) is 3.42. The van der Waals surface area contributed by atoms with Crippen LogP contribution in [0.2, 0.25) is 10.0 Å². The van der Waals surface area contributed by atoms with Crippen LogP contribution >= 0.6 is 23.2 Å². The first-order chi connectivity index (χ1) is 9.39. The Morgan fingerprint density at radius 3 is 2.20 bits per heavy atom. The van der Waals surface area contributed by atoms with Gasteiger partial charge in [-0.2, -0.15) is 4.31 Å². The first-order valence-electron chi connectivity index (χ1n) is 5.69. The summed E-state index contributed by atoms with van der Waals surface area (Å²) in [5.41, 5.74) is 0.187. The molecule has 0 spiro atoms. The van der Waals surface area contributed by atoms with Gasteiger partial charge in [-0.05, 0) is 12.1 Å². The second-order valence-corrected chi connectivity index (χ2v) is 6.59. The number of rotatable bonds is 7. The summed E-state index contributed by atoms with van der Waals surface area (Å²) >= 11 is 11.9. The Labute approximate surface area is 129 Å². The van der Waals surface area contributed by atoms with Gasteiger partial charge in [-0.25, -0.2) is 8.42 Å². The van der Waals surface area contributed by atoms with Gasteiger partial charge in [-0.1, -0.05) is 35.4 Å². The van der Waals surface area contributed by atoms with E-state index in [4.69, 9.17) is 23.2 Å². The van der Waals surface area contributed by atoms with Crippen molar-refractivity contribution in [3.8, 4) is 0 Å². The highest BCUT2D eigenvalue weighted by Gasteiger charge is 2.26. The van der Waals surface area contributed by atoms with Crippen molar-refractivity contribution >= 4 is 33.2 Å². The van der Waals surface area contributed by atoms with Crippen molar-refractivity contribution in [1.29, 1.82) is 0 Å². The fourth-order valence-corrected chi connectivity index (χ4v) is 3.87. The van der Waals surface area contributed by atoms with Crippen molar-refractivity contribution in [3.05, 3.63) is 53.1 Å². The average molecular weight is 336 g/mol. The van der Waals surface area contributed by atoms with Gasteiger partial charge in [0.15, 0.2) is 0 Å². The van der Waals surface area contributed by atoms with Gasteiger partial charge in [0.05, 0.1) is 11.6 Å². The Hall–Kier alpha value is -0.850. The smallest absolute Gasteiger partial charge is 0.245 e. The molecule has 0 aliphatic carbocycles. The summed E-state index contributed by atoms with van der Waals surface area (Å²) in [4.78, 5) is -0.101. The van der Waals surface area contributed by atoms with Crippen molar-refractivity contribution < 1.29 is 13.5 Å². The summed E-state index contributed by atoms with van der Waals surface area (Å²) < 4.78 is 26.2. The summed E-state index contributed by atoms with van der Waals surface area (Å²) in [6, 6.07) is 2.71. The molecule has 0 aliphatic heterocycles. The van der Waals surface area contributed by atoms with Gasteiger partial charge in [0.25, 0.3) is 0 Å². The van der Waals surface area contributed by atoms with E-state index in [1.165, 1.54) is 28.6 Å². The summed E-state index contributed by atoms with van der Waals surface area (Å²) in [6.45, 7) is 6.86. The summed E-state index contributed by atoms with van der Waals surface area (Å²) in [7, 11) is -3.82. The van der Waals surface area contributed by atoms with Crippen LogP contribution in [0.4, 0.5) is 0 Å². The average Bonchev–Trinajstić information content (AvgIpc) is 2.38. The highest BCUT2D eigenvalue weighted by atomic mass is 35.5. The highest BCUT2D eigenvalue weighted by Crippen LogP contribution is 2.32. The van der Waals surface area contributed by atoms with E-state index in [0.29, 0.717) is 0 Å². The molecule has 1 N–H and O–H groups in total. The summed E-state index contributed by atoms with van der Waals surface area (Å²) in [5.74, 6) is 0. The Balaban J connectivity index is 3.41. The van der Waals surface area contributed by atoms with Gasteiger partial charge < -0.3 is 5.11 Å². The normalized spacial score (nSPS) is 11.6. The van der Waals surface area contributed by atoms with Crippen LogP contribution in [0.5, 0.6) is 0 Å². The molecule has 0 heterocycles. The molecule has 7 heteroatoms. The molecule has 1 aromatic rings. The maximum atomic E-state index is 12.5. The standard InChI is InChI=1S/C13H15Cl2NO3S/c1-3-7-16(8-4-2)20(18,19)12-6-5-11(14)10(9-17)13(12)15/h3-6,17H,1-2,7-9H2. The predicted octanol–water partition coefficient (Wildman–Crippen LogP) is 2.85. The van der Waals surface area contributed by atoms with Crippen LogP contribution in [0.25, 0.3) is 0 Å². The van der Waals surface area contributed by atoms with Gasteiger partial charge in [-0.15, -0.1) is 13.2 Å². The Kier molecular flexibility index (Phi) is 6.23. The third-order valence-electron chi connectivity index (χ3n) is 2.59. The molecule has 1 aromatic carbocycles. The van der Waals surface area contributed by atoms with E-state index in [0.717, 1.165) is 0 Å². The lowest BCUT2D eigenvalue weighted by atomic mass is 10.2.